The number of methoxy groups -OCH3 is 1. The molecule has 4 rings (SSSR count). The van der Waals surface area contributed by atoms with E-state index in [0.29, 0.717) is 30.1 Å². The molecule has 0 bridgehead atoms. The molecule has 0 fully saturated rings. The van der Waals surface area contributed by atoms with Crippen LogP contribution in [0.3, 0.4) is 0 Å². The molecule has 3 heterocycles. The fourth-order valence-electron chi connectivity index (χ4n) is 2.95. The number of ether oxygens (including phenoxy) is 1. The Hall–Kier alpha value is -3.87. The molecule has 0 radical (unpaired) electrons. The zero-order chi connectivity index (χ0) is 20.1. The van der Waals surface area contributed by atoms with Crippen molar-refractivity contribution in [3.63, 3.8) is 0 Å². The number of furan rings is 1. The second kappa shape index (κ2) is 8.43. The number of nitrogens with one attached hydrogen (secondary N) is 2. The quantitative estimate of drug-likeness (QED) is 0.501. The second-order valence-electron chi connectivity index (χ2n) is 6.42. The molecule has 7 nitrogen and oxygen atoms in total. The topological polar surface area (TPSA) is 89.3 Å². The first-order valence-electron chi connectivity index (χ1n) is 9.15. The Kier molecular flexibility index (Phi) is 5.38. The van der Waals surface area contributed by atoms with Crippen molar-refractivity contribution < 1.29 is 13.9 Å². The van der Waals surface area contributed by atoms with Crippen LogP contribution in [-0.2, 0) is 13.1 Å². The summed E-state index contributed by atoms with van der Waals surface area (Å²) < 4.78 is 10.5. The Morgan fingerprint density at radius 2 is 2.03 bits per heavy atom. The summed E-state index contributed by atoms with van der Waals surface area (Å²) >= 11 is 0. The molecular formula is C22H20N4O3. The maximum absolute atomic E-state index is 12.5. The van der Waals surface area contributed by atoms with E-state index in [1.807, 2.05) is 30.3 Å². The average Bonchev–Trinajstić information content (AvgIpc) is 3.29. The largest absolute Gasteiger partial charge is 0.497 e. The number of carbonyl (C=O) groups is 1. The predicted octanol–water partition coefficient (Wildman–Crippen LogP) is 3.77. The summed E-state index contributed by atoms with van der Waals surface area (Å²) in [4.78, 5) is 21.3. The molecule has 7 heteroatoms. The lowest BCUT2D eigenvalue weighted by atomic mass is 10.2. The fourth-order valence-corrected chi connectivity index (χ4v) is 2.95. The summed E-state index contributed by atoms with van der Waals surface area (Å²) in [6, 6.07) is 14.9. The number of aromatic nitrogens is 2. The highest BCUT2D eigenvalue weighted by molar-refractivity contribution is 5.97. The van der Waals surface area contributed by atoms with Gasteiger partial charge < -0.3 is 19.8 Å². The Bertz CT molecular complexity index is 1130. The van der Waals surface area contributed by atoms with E-state index in [0.717, 1.165) is 22.4 Å². The van der Waals surface area contributed by atoms with Gasteiger partial charge >= 0.3 is 0 Å². The number of pyridine rings is 2. The molecule has 0 saturated carbocycles. The predicted molar refractivity (Wildman–Crippen MR) is 110 cm³/mol. The number of hydrogen-bond donors (Lipinski definition) is 2. The van der Waals surface area contributed by atoms with Crippen LogP contribution >= 0.6 is 0 Å². The van der Waals surface area contributed by atoms with Crippen molar-refractivity contribution in [2.75, 3.05) is 12.4 Å². The van der Waals surface area contributed by atoms with Crippen LogP contribution in [-0.4, -0.2) is 23.0 Å². The number of nitrogens with zero attached hydrogens (tertiary/aromatic N) is 2. The van der Waals surface area contributed by atoms with Crippen LogP contribution in [0.5, 0.6) is 5.75 Å². The van der Waals surface area contributed by atoms with Crippen molar-refractivity contribution in [1.82, 2.24) is 15.3 Å². The Balaban J connectivity index is 1.53. The summed E-state index contributed by atoms with van der Waals surface area (Å²) in [6.07, 6.45) is 5.01. The van der Waals surface area contributed by atoms with Crippen LogP contribution in [0.25, 0.3) is 10.9 Å². The van der Waals surface area contributed by atoms with Crippen LogP contribution in [0, 0.1) is 0 Å². The van der Waals surface area contributed by atoms with Crippen molar-refractivity contribution in [2.45, 2.75) is 13.1 Å². The first-order valence-corrected chi connectivity index (χ1v) is 9.15. The van der Waals surface area contributed by atoms with Gasteiger partial charge in [0.2, 0.25) is 0 Å². The number of rotatable bonds is 7. The lowest BCUT2D eigenvalue weighted by Crippen LogP contribution is -2.23. The molecule has 0 unspecified atom stereocenters. The third-order valence-corrected chi connectivity index (χ3v) is 4.45. The number of carbonyl (C=O) groups excluding carboxylic acids is 1. The van der Waals surface area contributed by atoms with Gasteiger partial charge in [-0.15, -0.1) is 0 Å². The van der Waals surface area contributed by atoms with Crippen LogP contribution in [0.15, 0.2) is 71.6 Å². The van der Waals surface area contributed by atoms with Gasteiger partial charge in [0, 0.05) is 18.1 Å². The Labute approximate surface area is 167 Å². The number of fused-ring (bicyclic) bond motifs is 1. The summed E-state index contributed by atoms with van der Waals surface area (Å²) in [7, 11) is 1.64. The minimum Gasteiger partial charge on any atom is -0.497 e. The van der Waals surface area contributed by atoms with Gasteiger partial charge in [-0.1, -0.05) is 12.1 Å². The lowest BCUT2D eigenvalue weighted by Gasteiger charge is -2.11. The SMILES string of the molecule is COc1cccc(CNc2cncc3ccc(C(=O)NCc4ccco4)nc23)c1. The zero-order valence-corrected chi connectivity index (χ0v) is 15.9. The molecule has 0 atom stereocenters. The molecule has 1 aromatic carbocycles. The third-order valence-electron chi connectivity index (χ3n) is 4.45. The van der Waals surface area contributed by atoms with Crippen molar-refractivity contribution in [2.24, 2.45) is 0 Å². The van der Waals surface area contributed by atoms with Gasteiger partial charge in [0.15, 0.2) is 0 Å². The van der Waals surface area contributed by atoms with Gasteiger partial charge in [-0.25, -0.2) is 4.98 Å². The average molecular weight is 388 g/mol. The minimum absolute atomic E-state index is 0.265. The van der Waals surface area contributed by atoms with E-state index in [9.17, 15) is 4.79 Å². The molecule has 2 N–H and O–H groups in total. The normalized spacial score (nSPS) is 10.7. The molecular weight excluding hydrogens is 368 g/mol. The summed E-state index contributed by atoms with van der Waals surface area (Å²) in [6.45, 7) is 0.886. The first kappa shape index (κ1) is 18.5. The summed E-state index contributed by atoms with van der Waals surface area (Å²) in [5.41, 5.74) is 2.84. The monoisotopic (exact) mass is 388 g/mol. The lowest BCUT2D eigenvalue weighted by molar-refractivity contribution is 0.0943. The van der Waals surface area contributed by atoms with Gasteiger partial charge in [0.05, 0.1) is 37.3 Å². The van der Waals surface area contributed by atoms with Gasteiger partial charge in [0.1, 0.15) is 17.2 Å². The number of hydrogen-bond acceptors (Lipinski definition) is 6. The Morgan fingerprint density at radius 3 is 2.86 bits per heavy atom. The number of amides is 1. The highest BCUT2D eigenvalue weighted by Crippen LogP contribution is 2.22. The van der Waals surface area contributed by atoms with Crippen LogP contribution in [0.4, 0.5) is 5.69 Å². The van der Waals surface area contributed by atoms with E-state index in [2.05, 4.69) is 20.6 Å². The van der Waals surface area contributed by atoms with Crippen molar-refractivity contribution >= 4 is 22.5 Å². The molecule has 0 aliphatic rings. The smallest absolute Gasteiger partial charge is 0.270 e. The van der Waals surface area contributed by atoms with Crippen LogP contribution in [0.2, 0.25) is 0 Å². The van der Waals surface area contributed by atoms with E-state index >= 15 is 0 Å². The van der Waals surface area contributed by atoms with Crippen LogP contribution < -0.4 is 15.4 Å². The van der Waals surface area contributed by atoms with E-state index in [4.69, 9.17) is 9.15 Å². The highest BCUT2D eigenvalue weighted by Gasteiger charge is 2.11. The van der Waals surface area contributed by atoms with Gasteiger partial charge in [-0.3, -0.25) is 9.78 Å². The van der Waals surface area contributed by atoms with Crippen molar-refractivity contribution in [3.8, 4) is 5.75 Å². The standard InChI is InChI=1S/C22H20N4O3/c1-28-17-5-2-4-15(10-17)11-24-20-14-23-12-16-7-8-19(26-21(16)20)22(27)25-13-18-6-3-9-29-18/h2-10,12,14,24H,11,13H2,1H3,(H,25,27). The van der Waals surface area contributed by atoms with Gasteiger partial charge in [-0.2, -0.15) is 0 Å². The fraction of sp³-hybridized carbons (Fsp3) is 0.136. The molecule has 0 saturated heterocycles. The number of anilines is 1. The zero-order valence-electron chi connectivity index (χ0n) is 15.9. The molecule has 0 spiro atoms. The second-order valence-corrected chi connectivity index (χ2v) is 6.42. The third kappa shape index (κ3) is 4.35. The van der Waals surface area contributed by atoms with Gasteiger partial charge in [-0.05, 0) is 42.0 Å². The Morgan fingerprint density at radius 1 is 1.10 bits per heavy atom. The van der Waals surface area contributed by atoms with Crippen molar-refractivity contribution in [1.29, 1.82) is 0 Å². The molecule has 29 heavy (non-hydrogen) atoms. The van der Waals surface area contributed by atoms with Crippen LogP contribution in [0.1, 0.15) is 21.8 Å². The van der Waals surface area contributed by atoms with E-state index in [1.54, 1.807) is 44.0 Å². The van der Waals surface area contributed by atoms with Gasteiger partial charge in [0.25, 0.3) is 5.91 Å². The maximum atomic E-state index is 12.5. The summed E-state index contributed by atoms with van der Waals surface area (Å²) in [5, 5.41) is 7.01. The molecule has 1 amide bonds. The molecule has 0 aliphatic heterocycles. The van der Waals surface area contributed by atoms with E-state index < -0.39 is 0 Å². The molecule has 0 aliphatic carbocycles. The first-order chi connectivity index (χ1) is 14.2. The summed E-state index contributed by atoms with van der Waals surface area (Å²) in [5.74, 6) is 1.22. The van der Waals surface area contributed by atoms with E-state index in [1.165, 1.54) is 0 Å². The number of benzene rings is 1. The molecule has 146 valence electrons. The van der Waals surface area contributed by atoms with E-state index in [-0.39, 0.29) is 5.91 Å². The van der Waals surface area contributed by atoms with Crippen molar-refractivity contribution in [3.05, 3.63) is 84.2 Å². The molecule has 3 aromatic heterocycles. The highest BCUT2D eigenvalue weighted by atomic mass is 16.5. The minimum atomic E-state index is -0.265. The maximum Gasteiger partial charge on any atom is 0.270 e. The molecule has 4 aromatic rings.